The number of aliphatic hydroxyl groups excluding tert-OH is 1. The molecule has 164 valence electrons. The minimum Gasteiger partial charge on any atom is -0.507 e. The molecule has 1 atom stereocenters. The molecule has 1 fully saturated rings. The summed E-state index contributed by atoms with van der Waals surface area (Å²) in [4.78, 5) is 27.5. The van der Waals surface area contributed by atoms with E-state index in [-0.39, 0.29) is 11.3 Å². The van der Waals surface area contributed by atoms with E-state index in [9.17, 15) is 14.7 Å². The van der Waals surface area contributed by atoms with Gasteiger partial charge in [0.1, 0.15) is 11.5 Å². The molecule has 0 spiro atoms. The van der Waals surface area contributed by atoms with Crippen LogP contribution in [-0.2, 0) is 9.59 Å². The van der Waals surface area contributed by atoms with Gasteiger partial charge < -0.3 is 24.2 Å². The van der Waals surface area contributed by atoms with Crippen LogP contribution >= 0.6 is 0 Å². The Morgan fingerprint density at radius 3 is 2.35 bits per heavy atom. The standard InChI is InChI=1S/C24H27NO6/c1-6-12-25-20(15-8-7-9-18(30-4)23(15)31-5)19(22(27)24(25)28)21(26)16-13-14(2)10-11-17(16)29-3/h7-11,13,20,26H,6,12H2,1-5H3/b21-19+. The highest BCUT2D eigenvalue weighted by Gasteiger charge is 2.47. The van der Waals surface area contributed by atoms with Crippen molar-refractivity contribution in [1.29, 1.82) is 0 Å². The molecule has 7 nitrogen and oxygen atoms in total. The van der Waals surface area contributed by atoms with Crippen LogP contribution in [0.5, 0.6) is 17.2 Å². The Kier molecular flexibility index (Phi) is 6.53. The number of carbonyl (C=O) groups excluding carboxylic acids is 2. The molecule has 7 heteroatoms. The van der Waals surface area contributed by atoms with Crippen LogP contribution in [0.4, 0.5) is 0 Å². The van der Waals surface area contributed by atoms with Crippen molar-refractivity contribution in [2.75, 3.05) is 27.9 Å². The number of amides is 1. The van der Waals surface area contributed by atoms with Crippen LogP contribution in [0.2, 0.25) is 0 Å². The topological polar surface area (TPSA) is 85.3 Å². The highest BCUT2D eigenvalue weighted by atomic mass is 16.5. The molecule has 0 saturated carbocycles. The summed E-state index contributed by atoms with van der Waals surface area (Å²) in [6.07, 6.45) is 0.642. The van der Waals surface area contributed by atoms with Gasteiger partial charge in [-0.15, -0.1) is 0 Å². The van der Waals surface area contributed by atoms with E-state index in [1.54, 1.807) is 30.3 Å². The zero-order chi connectivity index (χ0) is 22.7. The summed E-state index contributed by atoms with van der Waals surface area (Å²) in [6, 6.07) is 9.72. The van der Waals surface area contributed by atoms with Gasteiger partial charge in [-0.25, -0.2) is 0 Å². The molecule has 1 aliphatic rings. The Balaban J connectivity index is 2.33. The Morgan fingerprint density at radius 1 is 1.03 bits per heavy atom. The molecule has 2 aromatic carbocycles. The third-order valence-electron chi connectivity index (χ3n) is 5.34. The van der Waals surface area contributed by atoms with E-state index in [1.807, 2.05) is 19.9 Å². The average molecular weight is 425 g/mol. The number of aryl methyl sites for hydroxylation is 1. The number of benzene rings is 2. The zero-order valence-electron chi connectivity index (χ0n) is 18.4. The second-order valence-corrected chi connectivity index (χ2v) is 7.28. The molecule has 1 amide bonds. The Bertz CT molecular complexity index is 1040. The summed E-state index contributed by atoms with van der Waals surface area (Å²) in [5.74, 6) is -0.418. The van der Waals surface area contributed by atoms with E-state index in [4.69, 9.17) is 14.2 Å². The number of ketones is 1. The number of nitrogens with zero attached hydrogens (tertiary/aromatic N) is 1. The van der Waals surface area contributed by atoms with E-state index in [0.29, 0.717) is 41.3 Å². The van der Waals surface area contributed by atoms with Crippen molar-refractivity contribution < 1.29 is 28.9 Å². The lowest BCUT2D eigenvalue weighted by Crippen LogP contribution is -2.30. The Morgan fingerprint density at radius 2 is 1.74 bits per heavy atom. The first-order chi connectivity index (χ1) is 14.9. The van der Waals surface area contributed by atoms with Gasteiger partial charge in [-0.1, -0.05) is 30.7 Å². The molecule has 0 bridgehead atoms. The molecule has 0 radical (unpaired) electrons. The van der Waals surface area contributed by atoms with Crippen LogP contribution in [0.3, 0.4) is 0 Å². The summed E-state index contributed by atoms with van der Waals surface area (Å²) in [6.45, 7) is 4.13. The van der Waals surface area contributed by atoms with E-state index in [1.165, 1.54) is 26.2 Å². The summed E-state index contributed by atoms with van der Waals surface area (Å²) < 4.78 is 16.4. The van der Waals surface area contributed by atoms with Gasteiger partial charge in [-0.05, 0) is 31.5 Å². The molecule has 3 rings (SSSR count). The number of hydrogen-bond acceptors (Lipinski definition) is 6. The monoisotopic (exact) mass is 425 g/mol. The molecule has 2 aromatic rings. The molecule has 0 aromatic heterocycles. The molecular formula is C24H27NO6. The molecule has 1 N–H and O–H groups in total. The van der Waals surface area contributed by atoms with Gasteiger partial charge in [0, 0.05) is 12.1 Å². The summed E-state index contributed by atoms with van der Waals surface area (Å²) in [7, 11) is 4.50. The predicted molar refractivity (Wildman–Crippen MR) is 117 cm³/mol. The van der Waals surface area contributed by atoms with Crippen LogP contribution in [0.25, 0.3) is 5.76 Å². The smallest absolute Gasteiger partial charge is 0.295 e. The van der Waals surface area contributed by atoms with Gasteiger partial charge in [0.25, 0.3) is 11.7 Å². The maximum atomic E-state index is 13.1. The van der Waals surface area contributed by atoms with E-state index in [2.05, 4.69) is 0 Å². The molecule has 0 aliphatic carbocycles. The maximum absolute atomic E-state index is 13.1. The van der Waals surface area contributed by atoms with Gasteiger partial charge in [-0.2, -0.15) is 0 Å². The number of carbonyl (C=O) groups is 2. The molecular weight excluding hydrogens is 398 g/mol. The molecule has 1 aliphatic heterocycles. The third kappa shape index (κ3) is 3.83. The zero-order valence-corrected chi connectivity index (χ0v) is 18.4. The van der Waals surface area contributed by atoms with Crippen molar-refractivity contribution in [3.8, 4) is 17.2 Å². The first kappa shape index (κ1) is 22.2. The maximum Gasteiger partial charge on any atom is 0.295 e. The first-order valence-corrected chi connectivity index (χ1v) is 10.0. The Hall–Kier alpha value is -3.48. The number of likely N-dealkylation sites (tertiary alicyclic amines) is 1. The first-order valence-electron chi connectivity index (χ1n) is 10.0. The predicted octanol–water partition coefficient (Wildman–Crippen LogP) is 3.85. The fourth-order valence-electron chi connectivity index (χ4n) is 3.95. The van der Waals surface area contributed by atoms with Crippen molar-refractivity contribution in [2.24, 2.45) is 0 Å². The quantitative estimate of drug-likeness (QED) is 0.412. The van der Waals surface area contributed by atoms with Crippen LogP contribution in [0.15, 0.2) is 42.0 Å². The van der Waals surface area contributed by atoms with Gasteiger partial charge in [-0.3, -0.25) is 9.59 Å². The van der Waals surface area contributed by atoms with Crippen molar-refractivity contribution >= 4 is 17.4 Å². The second-order valence-electron chi connectivity index (χ2n) is 7.28. The number of methoxy groups -OCH3 is 3. The molecule has 1 heterocycles. The number of hydrogen-bond donors (Lipinski definition) is 1. The largest absolute Gasteiger partial charge is 0.507 e. The number of aliphatic hydroxyl groups is 1. The SMILES string of the molecule is CCCN1C(=O)C(=O)/C(=C(/O)c2cc(C)ccc2OC)C1c1cccc(OC)c1OC. The van der Waals surface area contributed by atoms with E-state index in [0.717, 1.165) is 5.56 Å². The van der Waals surface area contributed by atoms with Crippen molar-refractivity contribution in [1.82, 2.24) is 4.90 Å². The van der Waals surface area contributed by atoms with E-state index < -0.39 is 17.7 Å². The molecule has 31 heavy (non-hydrogen) atoms. The van der Waals surface area contributed by atoms with Crippen LogP contribution in [0, 0.1) is 6.92 Å². The minimum absolute atomic E-state index is 0.00565. The van der Waals surface area contributed by atoms with Crippen molar-refractivity contribution in [3.05, 3.63) is 58.7 Å². The summed E-state index contributed by atoms with van der Waals surface area (Å²) in [5, 5.41) is 11.3. The Labute approximate surface area is 181 Å². The van der Waals surface area contributed by atoms with Gasteiger partial charge in [0.05, 0.1) is 38.5 Å². The second kappa shape index (κ2) is 9.12. The van der Waals surface area contributed by atoms with Gasteiger partial charge in [0.15, 0.2) is 11.5 Å². The summed E-state index contributed by atoms with van der Waals surface area (Å²) >= 11 is 0. The molecule has 1 unspecified atom stereocenters. The van der Waals surface area contributed by atoms with Gasteiger partial charge in [0.2, 0.25) is 0 Å². The van der Waals surface area contributed by atoms with Crippen LogP contribution < -0.4 is 14.2 Å². The highest BCUT2D eigenvalue weighted by molar-refractivity contribution is 6.46. The number of ether oxygens (including phenoxy) is 3. The average Bonchev–Trinajstić information content (AvgIpc) is 3.03. The van der Waals surface area contributed by atoms with Crippen LogP contribution in [-0.4, -0.2) is 49.6 Å². The number of Topliss-reactive ketones (excluding diaryl/α,β-unsaturated/α-hetero) is 1. The van der Waals surface area contributed by atoms with Crippen molar-refractivity contribution in [2.45, 2.75) is 26.3 Å². The number of rotatable bonds is 7. The normalized spacial score (nSPS) is 17.7. The fraction of sp³-hybridized carbons (Fsp3) is 0.333. The lowest BCUT2D eigenvalue weighted by Gasteiger charge is -2.27. The lowest BCUT2D eigenvalue weighted by atomic mass is 9.93. The summed E-state index contributed by atoms with van der Waals surface area (Å²) in [5.41, 5.74) is 1.78. The highest BCUT2D eigenvalue weighted by Crippen LogP contribution is 2.46. The fourth-order valence-corrected chi connectivity index (χ4v) is 3.95. The lowest BCUT2D eigenvalue weighted by molar-refractivity contribution is -0.139. The van der Waals surface area contributed by atoms with Crippen molar-refractivity contribution in [3.63, 3.8) is 0 Å². The third-order valence-corrected chi connectivity index (χ3v) is 5.34. The number of para-hydroxylation sites is 1. The van der Waals surface area contributed by atoms with Gasteiger partial charge >= 0.3 is 0 Å². The van der Waals surface area contributed by atoms with Crippen LogP contribution in [0.1, 0.15) is 36.1 Å². The molecule has 1 saturated heterocycles. The van der Waals surface area contributed by atoms with E-state index >= 15 is 0 Å². The minimum atomic E-state index is -0.824.